The number of aromatic nitrogens is 3. The van der Waals surface area contributed by atoms with Crippen molar-refractivity contribution in [1.82, 2.24) is 15.0 Å². The van der Waals surface area contributed by atoms with Crippen LogP contribution in [0, 0.1) is 0 Å². The van der Waals surface area contributed by atoms with Gasteiger partial charge in [0.25, 0.3) is 10.0 Å². The fraction of sp³-hybridized carbons (Fsp3) is 0. The molecule has 0 spiro atoms. The predicted octanol–water partition coefficient (Wildman–Crippen LogP) is 0.667. The van der Waals surface area contributed by atoms with Gasteiger partial charge in [-0.3, -0.25) is 9.71 Å². The molecule has 0 aliphatic heterocycles. The number of thiazole rings is 1. The summed E-state index contributed by atoms with van der Waals surface area (Å²) in [6, 6.07) is 0. The molecule has 0 unspecified atom stereocenters. The Kier molecular flexibility index (Phi) is 2.22. The number of sulfonamides is 1. The average molecular weight is 230 g/mol. The molecule has 0 amide bonds. The molecule has 0 aliphatic carbocycles. The molecule has 0 fully saturated rings. The van der Waals surface area contributed by atoms with E-state index in [0.29, 0.717) is 5.82 Å². The van der Waals surface area contributed by atoms with Gasteiger partial charge in [-0.05, 0) is 0 Å². The van der Waals surface area contributed by atoms with Gasteiger partial charge >= 0.3 is 0 Å². The van der Waals surface area contributed by atoms with Crippen molar-refractivity contribution in [2.45, 2.75) is 4.21 Å². The molecule has 0 aliphatic rings. The Hall–Kier alpha value is -1.41. The van der Waals surface area contributed by atoms with Gasteiger partial charge in [-0.15, -0.1) is 11.3 Å². The van der Waals surface area contributed by atoms with Crippen molar-refractivity contribution in [3.63, 3.8) is 0 Å². The first-order valence-electron chi connectivity index (χ1n) is 3.58. The second-order valence-corrected chi connectivity index (χ2v) is 5.19. The smallest absolute Gasteiger partial charge is 0.274 e. The SMILES string of the molecule is O=S(=O)(Nc1cnc[nH]1)c1cncs1. The highest BCUT2D eigenvalue weighted by Gasteiger charge is 2.15. The quantitative estimate of drug-likeness (QED) is 0.811. The van der Waals surface area contributed by atoms with Crippen LogP contribution in [0.1, 0.15) is 0 Å². The monoisotopic (exact) mass is 230 g/mol. The Morgan fingerprint density at radius 2 is 2.21 bits per heavy atom. The first-order valence-corrected chi connectivity index (χ1v) is 5.94. The molecule has 2 aromatic heterocycles. The van der Waals surface area contributed by atoms with E-state index in [9.17, 15) is 8.42 Å². The predicted molar refractivity (Wildman–Crippen MR) is 51.5 cm³/mol. The minimum Gasteiger partial charge on any atom is -0.331 e. The summed E-state index contributed by atoms with van der Waals surface area (Å²) in [5.41, 5.74) is 1.46. The largest absolute Gasteiger partial charge is 0.331 e. The number of aromatic amines is 1. The Bertz CT molecular complexity index is 488. The molecule has 0 bridgehead atoms. The summed E-state index contributed by atoms with van der Waals surface area (Å²) >= 11 is 1.06. The maximum absolute atomic E-state index is 11.6. The number of hydrogen-bond donors (Lipinski definition) is 2. The third-order valence-electron chi connectivity index (χ3n) is 1.42. The summed E-state index contributed by atoms with van der Waals surface area (Å²) < 4.78 is 25.6. The zero-order chi connectivity index (χ0) is 10.0. The molecule has 0 aromatic carbocycles. The zero-order valence-electron chi connectivity index (χ0n) is 6.84. The lowest BCUT2D eigenvalue weighted by atomic mass is 10.8. The molecule has 0 saturated carbocycles. The minimum atomic E-state index is -3.51. The second kappa shape index (κ2) is 3.39. The molecule has 0 radical (unpaired) electrons. The van der Waals surface area contributed by atoms with Crippen LogP contribution in [-0.2, 0) is 10.0 Å². The van der Waals surface area contributed by atoms with E-state index in [0.717, 1.165) is 11.3 Å². The molecular formula is C6H6N4O2S2. The molecule has 0 atom stereocenters. The first kappa shape index (κ1) is 9.16. The third kappa shape index (κ3) is 1.75. The molecule has 2 heterocycles. The normalized spacial score (nSPS) is 11.4. The van der Waals surface area contributed by atoms with Gasteiger partial charge in [0.15, 0.2) is 4.21 Å². The van der Waals surface area contributed by atoms with Gasteiger partial charge in [-0.2, -0.15) is 0 Å². The lowest BCUT2D eigenvalue weighted by Crippen LogP contribution is -2.11. The lowest BCUT2D eigenvalue weighted by Gasteiger charge is -2.01. The van der Waals surface area contributed by atoms with E-state index in [1.807, 2.05) is 0 Å². The molecule has 2 aromatic rings. The van der Waals surface area contributed by atoms with Gasteiger partial charge in [0, 0.05) is 0 Å². The molecule has 8 heteroatoms. The Morgan fingerprint density at radius 3 is 2.79 bits per heavy atom. The van der Waals surface area contributed by atoms with Gasteiger partial charge in [0.2, 0.25) is 0 Å². The average Bonchev–Trinajstić information content (AvgIpc) is 2.71. The van der Waals surface area contributed by atoms with Crippen molar-refractivity contribution in [2.75, 3.05) is 4.72 Å². The van der Waals surface area contributed by atoms with Crippen LogP contribution >= 0.6 is 11.3 Å². The first-order chi connectivity index (χ1) is 6.68. The molecule has 14 heavy (non-hydrogen) atoms. The second-order valence-electron chi connectivity index (χ2n) is 2.39. The van der Waals surface area contributed by atoms with Crippen LogP contribution in [0.25, 0.3) is 0 Å². The maximum atomic E-state index is 11.6. The van der Waals surface area contributed by atoms with Gasteiger partial charge in [0.05, 0.1) is 24.2 Å². The van der Waals surface area contributed by atoms with E-state index in [2.05, 4.69) is 19.7 Å². The molecule has 74 valence electrons. The van der Waals surface area contributed by atoms with Crippen LogP contribution < -0.4 is 4.72 Å². The summed E-state index contributed by atoms with van der Waals surface area (Å²) in [5.74, 6) is 0.332. The molecule has 6 nitrogen and oxygen atoms in total. The van der Waals surface area contributed by atoms with E-state index in [-0.39, 0.29) is 4.21 Å². The maximum Gasteiger partial charge on any atom is 0.274 e. The Morgan fingerprint density at radius 1 is 1.36 bits per heavy atom. The van der Waals surface area contributed by atoms with Crippen LogP contribution in [-0.4, -0.2) is 23.4 Å². The number of imidazole rings is 1. The van der Waals surface area contributed by atoms with Crippen LogP contribution in [0.15, 0.2) is 28.4 Å². The van der Waals surface area contributed by atoms with Gasteiger partial charge in [-0.1, -0.05) is 0 Å². The number of nitrogens with one attached hydrogen (secondary N) is 2. The van der Waals surface area contributed by atoms with Crippen molar-refractivity contribution in [2.24, 2.45) is 0 Å². The summed E-state index contributed by atoms with van der Waals surface area (Å²) in [4.78, 5) is 10.0. The molecule has 2 N–H and O–H groups in total. The fourth-order valence-corrected chi connectivity index (χ4v) is 2.65. The van der Waals surface area contributed by atoms with Crippen LogP contribution in [0.4, 0.5) is 5.82 Å². The third-order valence-corrected chi connectivity index (χ3v) is 4.05. The summed E-state index contributed by atoms with van der Waals surface area (Å²) in [6.45, 7) is 0. The summed E-state index contributed by atoms with van der Waals surface area (Å²) in [6.07, 6.45) is 4.08. The fourth-order valence-electron chi connectivity index (χ4n) is 0.844. The molecule has 0 saturated heterocycles. The van der Waals surface area contributed by atoms with Gasteiger partial charge in [-0.25, -0.2) is 13.4 Å². The molecular weight excluding hydrogens is 224 g/mol. The summed E-state index contributed by atoms with van der Waals surface area (Å²) in [7, 11) is -3.51. The van der Waals surface area contributed by atoms with E-state index in [4.69, 9.17) is 0 Å². The lowest BCUT2D eigenvalue weighted by molar-refractivity contribution is 0.603. The number of rotatable bonds is 3. The highest BCUT2D eigenvalue weighted by Crippen LogP contribution is 2.16. The van der Waals surface area contributed by atoms with E-state index in [1.54, 1.807) is 0 Å². The Labute approximate surface area is 84.1 Å². The van der Waals surface area contributed by atoms with Crippen molar-refractivity contribution in [1.29, 1.82) is 0 Å². The topological polar surface area (TPSA) is 87.7 Å². The zero-order valence-corrected chi connectivity index (χ0v) is 8.47. The number of H-pyrrole nitrogens is 1. The van der Waals surface area contributed by atoms with Crippen LogP contribution in [0.5, 0.6) is 0 Å². The Balaban J connectivity index is 2.27. The minimum absolute atomic E-state index is 0.173. The number of hydrogen-bond acceptors (Lipinski definition) is 5. The van der Waals surface area contributed by atoms with E-state index in [1.165, 1.54) is 24.2 Å². The van der Waals surface area contributed by atoms with Crippen molar-refractivity contribution in [3.8, 4) is 0 Å². The van der Waals surface area contributed by atoms with Crippen molar-refractivity contribution < 1.29 is 8.42 Å². The van der Waals surface area contributed by atoms with Gasteiger partial charge < -0.3 is 4.98 Å². The number of anilines is 1. The van der Waals surface area contributed by atoms with Crippen LogP contribution in [0.2, 0.25) is 0 Å². The van der Waals surface area contributed by atoms with Crippen molar-refractivity contribution >= 4 is 27.2 Å². The summed E-state index contributed by atoms with van der Waals surface area (Å²) in [5, 5.41) is 0. The van der Waals surface area contributed by atoms with Crippen molar-refractivity contribution in [3.05, 3.63) is 24.2 Å². The van der Waals surface area contributed by atoms with E-state index >= 15 is 0 Å². The standard InChI is InChI=1S/C6H6N4O2S2/c11-14(12,6-2-8-4-13-6)10-5-1-7-3-9-5/h1-4,10H,(H,7,9). The molecule has 2 rings (SSSR count). The van der Waals surface area contributed by atoms with Gasteiger partial charge in [0.1, 0.15) is 5.82 Å². The highest BCUT2D eigenvalue weighted by molar-refractivity contribution is 7.94. The highest BCUT2D eigenvalue weighted by atomic mass is 32.2. The number of nitrogens with zero attached hydrogens (tertiary/aromatic N) is 2. The van der Waals surface area contributed by atoms with Crippen LogP contribution in [0.3, 0.4) is 0 Å². The van der Waals surface area contributed by atoms with E-state index < -0.39 is 10.0 Å².